The van der Waals surface area contributed by atoms with Gasteiger partial charge >= 0.3 is 6.18 Å². The minimum Gasteiger partial charge on any atom is -0.332 e. The number of thiocarbonyl (C=S) groups is 1. The van der Waals surface area contributed by atoms with Gasteiger partial charge in [0, 0.05) is 24.0 Å². The van der Waals surface area contributed by atoms with Crippen LogP contribution in [0.3, 0.4) is 0 Å². The highest BCUT2D eigenvalue weighted by Gasteiger charge is 2.30. The second kappa shape index (κ2) is 7.31. The third kappa shape index (κ3) is 5.24. The Hall–Kier alpha value is -2.61. The van der Waals surface area contributed by atoms with E-state index in [-0.39, 0.29) is 16.7 Å². The predicted molar refractivity (Wildman–Crippen MR) is 92.0 cm³/mol. The van der Waals surface area contributed by atoms with Crippen molar-refractivity contribution >= 4 is 40.3 Å². The van der Waals surface area contributed by atoms with Crippen LogP contribution in [0.2, 0.25) is 0 Å². The molecule has 126 valence electrons. The van der Waals surface area contributed by atoms with Crippen molar-refractivity contribution in [3.63, 3.8) is 0 Å². The number of carbonyl (C=O) groups is 1. The van der Waals surface area contributed by atoms with E-state index in [4.69, 9.17) is 12.2 Å². The summed E-state index contributed by atoms with van der Waals surface area (Å²) in [6.07, 6.45) is -4.41. The fraction of sp³-hybridized carbons (Fsp3) is 0.125. The Kier molecular flexibility index (Phi) is 5.40. The van der Waals surface area contributed by atoms with E-state index in [1.807, 2.05) is 0 Å². The fourth-order valence-corrected chi connectivity index (χ4v) is 2.14. The molecule has 24 heavy (non-hydrogen) atoms. The normalized spacial score (nSPS) is 10.8. The Labute approximate surface area is 142 Å². The summed E-state index contributed by atoms with van der Waals surface area (Å²) in [6, 6.07) is 11.5. The number of carbonyl (C=O) groups excluding carboxylic acids is 1. The standard InChI is InChI=1S/C16H14F3N3OS/c1-10(23)20-12-5-7-13(8-6-12)21-15(24)22-14-4-2-3-11(9-14)16(17,18)19/h2-9H,1H3,(H,20,23)(H2,21,22,24). The average molecular weight is 353 g/mol. The van der Waals surface area contributed by atoms with E-state index in [0.29, 0.717) is 11.4 Å². The smallest absolute Gasteiger partial charge is 0.332 e. The number of benzene rings is 2. The van der Waals surface area contributed by atoms with Crippen LogP contribution in [0.5, 0.6) is 0 Å². The Bertz CT molecular complexity index is 745. The van der Waals surface area contributed by atoms with Crippen LogP contribution in [-0.2, 0) is 11.0 Å². The molecule has 0 atom stereocenters. The van der Waals surface area contributed by atoms with Gasteiger partial charge in [0.05, 0.1) is 5.56 Å². The summed E-state index contributed by atoms with van der Waals surface area (Å²) < 4.78 is 38.0. The summed E-state index contributed by atoms with van der Waals surface area (Å²) in [5.41, 5.74) is 0.741. The predicted octanol–water partition coefficient (Wildman–Crippen LogP) is 4.47. The number of anilines is 3. The number of hydrogen-bond acceptors (Lipinski definition) is 2. The molecule has 0 spiro atoms. The zero-order valence-electron chi connectivity index (χ0n) is 12.6. The van der Waals surface area contributed by atoms with E-state index in [1.165, 1.54) is 19.1 Å². The molecule has 8 heteroatoms. The summed E-state index contributed by atoms with van der Waals surface area (Å²) in [5, 5.41) is 8.33. The second-order valence-electron chi connectivity index (χ2n) is 4.92. The third-order valence-corrected chi connectivity index (χ3v) is 3.12. The van der Waals surface area contributed by atoms with Crippen molar-refractivity contribution in [3.05, 3.63) is 54.1 Å². The number of amides is 1. The molecular weight excluding hydrogens is 339 g/mol. The van der Waals surface area contributed by atoms with E-state index < -0.39 is 11.7 Å². The van der Waals surface area contributed by atoms with Crippen molar-refractivity contribution in [1.29, 1.82) is 0 Å². The highest BCUT2D eigenvalue weighted by atomic mass is 32.1. The quantitative estimate of drug-likeness (QED) is 0.713. The highest BCUT2D eigenvalue weighted by molar-refractivity contribution is 7.80. The van der Waals surface area contributed by atoms with Crippen LogP contribution in [0.15, 0.2) is 48.5 Å². The molecule has 0 heterocycles. The Morgan fingerprint density at radius 1 is 0.917 bits per heavy atom. The van der Waals surface area contributed by atoms with Crippen LogP contribution in [0, 0.1) is 0 Å². The minimum absolute atomic E-state index is 0.154. The summed E-state index contributed by atoms with van der Waals surface area (Å²) in [4.78, 5) is 10.9. The first-order chi connectivity index (χ1) is 11.2. The van der Waals surface area contributed by atoms with Crippen LogP contribution in [0.1, 0.15) is 12.5 Å². The van der Waals surface area contributed by atoms with Crippen LogP contribution in [0.25, 0.3) is 0 Å². The monoisotopic (exact) mass is 353 g/mol. The molecule has 2 rings (SSSR count). The summed E-state index contributed by atoms with van der Waals surface area (Å²) >= 11 is 5.08. The van der Waals surface area contributed by atoms with Gasteiger partial charge in [0.25, 0.3) is 0 Å². The molecule has 0 saturated heterocycles. The minimum atomic E-state index is -4.41. The van der Waals surface area contributed by atoms with Gasteiger partial charge in [-0.25, -0.2) is 0 Å². The summed E-state index contributed by atoms with van der Waals surface area (Å²) in [5.74, 6) is -0.183. The summed E-state index contributed by atoms with van der Waals surface area (Å²) in [7, 11) is 0. The van der Waals surface area contributed by atoms with E-state index in [1.54, 1.807) is 24.3 Å². The lowest BCUT2D eigenvalue weighted by atomic mass is 10.2. The number of alkyl halides is 3. The largest absolute Gasteiger partial charge is 0.416 e. The number of hydrogen-bond donors (Lipinski definition) is 3. The second-order valence-corrected chi connectivity index (χ2v) is 5.32. The Morgan fingerprint density at radius 2 is 1.46 bits per heavy atom. The van der Waals surface area contributed by atoms with Crippen LogP contribution in [0.4, 0.5) is 30.2 Å². The van der Waals surface area contributed by atoms with Gasteiger partial charge in [0.2, 0.25) is 5.91 Å². The van der Waals surface area contributed by atoms with Crippen LogP contribution in [-0.4, -0.2) is 11.0 Å². The molecule has 1 amide bonds. The number of rotatable bonds is 3. The maximum atomic E-state index is 12.7. The average Bonchev–Trinajstić information content (AvgIpc) is 2.48. The van der Waals surface area contributed by atoms with Crippen molar-refractivity contribution in [3.8, 4) is 0 Å². The molecule has 0 bridgehead atoms. The lowest BCUT2D eigenvalue weighted by Crippen LogP contribution is -2.19. The van der Waals surface area contributed by atoms with E-state index in [9.17, 15) is 18.0 Å². The van der Waals surface area contributed by atoms with E-state index >= 15 is 0 Å². The van der Waals surface area contributed by atoms with Crippen molar-refractivity contribution in [2.75, 3.05) is 16.0 Å². The molecule has 2 aromatic carbocycles. The molecular formula is C16H14F3N3OS. The van der Waals surface area contributed by atoms with E-state index in [2.05, 4.69) is 16.0 Å². The zero-order chi connectivity index (χ0) is 17.7. The fourth-order valence-electron chi connectivity index (χ4n) is 1.91. The maximum absolute atomic E-state index is 12.7. The molecule has 0 fully saturated rings. The SMILES string of the molecule is CC(=O)Nc1ccc(NC(=S)Nc2cccc(C(F)(F)F)c2)cc1. The first-order valence-electron chi connectivity index (χ1n) is 6.87. The Balaban J connectivity index is 1.99. The molecule has 0 aliphatic carbocycles. The van der Waals surface area contributed by atoms with E-state index in [0.717, 1.165) is 12.1 Å². The Morgan fingerprint density at radius 3 is 2.00 bits per heavy atom. The number of nitrogens with one attached hydrogen (secondary N) is 3. The lowest BCUT2D eigenvalue weighted by Gasteiger charge is -2.13. The molecule has 2 aromatic rings. The first-order valence-corrected chi connectivity index (χ1v) is 7.28. The zero-order valence-corrected chi connectivity index (χ0v) is 13.4. The van der Waals surface area contributed by atoms with Crippen LogP contribution >= 0.6 is 12.2 Å². The molecule has 3 N–H and O–H groups in total. The van der Waals surface area contributed by atoms with Gasteiger partial charge in [0.1, 0.15) is 0 Å². The van der Waals surface area contributed by atoms with Gasteiger partial charge in [0.15, 0.2) is 5.11 Å². The topological polar surface area (TPSA) is 53.2 Å². The van der Waals surface area contributed by atoms with Crippen LogP contribution < -0.4 is 16.0 Å². The van der Waals surface area contributed by atoms with Crippen molar-refractivity contribution < 1.29 is 18.0 Å². The van der Waals surface area contributed by atoms with Gasteiger partial charge in [-0.3, -0.25) is 4.79 Å². The van der Waals surface area contributed by atoms with Gasteiger partial charge in [-0.15, -0.1) is 0 Å². The van der Waals surface area contributed by atoms with Crippen molar-refractivity contribution in [1.82, 2.24) is 0 Å². The highest BCUT2D eigenvalue weighted by Crippen LogP contribution is 2.30. The molecule has 0 radical (unpaired) electrons. The summed E-state index contributed by atoms with van der Waals surface area (Å²) in [6.45, 7) is 1.40. The van der Waals surface area contributed by atoms with Gasteiger partial charge in [-0.1, -0.05) is 6.07 Å². The van der Waals surface area contributed by atoms with Crippen molar-refractivity contribution in [2.24, 2.45) is 0 Å². The lowest BCUT2D eigenvalue weighted by molar-refractivity contribution is -0.137. The van der Waals surface area contributed by atoms with Gasteiger partial charge < -0.3 is 16.0 Å². The molecule has 0 aliphatic heterocycles. The van der Waals surface area contributed by atoms with Crippen molar-refractivity contribution in [2.45, 2.75) is 13.1 Å². The first kappa shape index (κ1) is 17.7. The molecule has 4 nitrogen and oxygen atoms in total. The van der Waals surface area contributed by atoms with Gasteiger partial charge in [-0.05, 0) is 54.7 Å². The molecule has 0 saturated carbocycles. The molecule has 0 aliphatic rings. The number of halogens is 3. The molecule has 0 unspecified atom stereocenters. The third-order valence-electron chi connectivity index (χ3n) is 2.91. The van der Waals surface area contributed by atoms with Gasteiger partial charge in [-0.2, -0.15) is 13.2 Å². The maximum Gasteiger partial charge on any atom is 0.416 e. The molecule has 0 aromatic heterocycles.